The largest absolute Gasteiger partial charge is 0.382 e. The van der Waals surface area contributed by atoms with E-state index in [1.54, 1.807) is 21.1 Å². The van der Waals surface area contributed by atoms with Gasteiger partial charge in [0.2, 0.25) is 0 Å². The Morgan fingerprint density at radius 3 is 2.62 bits per heavy atom. The molecular weight excluding hydrogens is 168 g/mol. The zero-order chi connectivity index (χ0) is 10.3. The van der Waals surface area contributed by atoms with Crippen molar-refractivity contribution in [1.29, 1.82) is 5.26 Å². The van der Waals surface area contributed by atoms with Crippen molar-refractivity contribution >= 4 is 0 Å². The first-order valence-corrected chi connectivity index (χ1v) is 4.28. The molecule has 1 N–H and O–H groups in total. The van der Waals surface area contributed by atoms with Crippen molar-refractivity contribution in [2.75, 3.05) is 27.4 Å². The third-order valence-corrected chi connectivity index (χ3v) is 1.86. The van der Waals surface area contributed by atoms with Crippen molar-refractivity contribution in [2.45, 2.75) is 25.5 Å². The summed E-state index contributed by atoms with van der Waals surface area (Å²) in [6.45, 7) is 4.62. The third-order valence-electron chi connectivity index (χ3n) is 1.86. The van der Waals surface area contributed by atoms with Crippen LogP contribution in [0.25, 0.3) is 0 Å². The Labute approximate surface area is 79.8 Å². The van der Waals surface area contributed by atoms with Crippen LogP contribution in [0.1, 0.15) is 13.8 Å². The molecule has 0 saturated carbocycles. The van der Waals surface area contributed by atoms with Gasteiger partial charge in [-0.1, -0.05) is 0 Å². The van der Waals surface area contributed by atoms with E-state index in [1.807, 2.05) is 6.92 Å². The molecule has 0 rings (SSSR count). The number of hydrogen-bond donors (Lipinski definition) is 1. The molecule has 0 spiro atoms. The Kier molecular flexibility index (Phi) is 5.63. The number of methoxy groups -OCH3 is 1. The van der Waals surface area contributed by atoms with Crippen LogP contribution < -0.4 is 5.32 Å². The van der Waals surface area contributed by atoms with Crippen molar-refractivity contribution in [2.24, 2.45) is 0 Å². The van der Waals surface area contributed by atoms with Crippen LogP contribution in [0.4, 0.5) is 0 Å². The summed E-state index contributed by atoms with van der Waals surface area (Å²) in [5.74, 6) is 0. The van der Waals surface area contributed by atoms with Crippen molar-refractivity contribution in [3.63, 3.8) is 0 Å². The summed E-state index contributed by atoms with van der Waals surface area (Å²) in [6.07, 6.45) is 0.0195. The zero-order valence-corrected chi connectivity index (χ0v) is 8.76. The van der Waals surface area contributed by atoms with Crippen molar-refractivity contribution < 1.29 is 9.47 Å². The summed E-state index contributed by atoms with van der Waals surface area (Å²) in [5, 5.41) is 11.7. The normalized spacial score (nSPS) is 17.5. The first-order chi connectivity index (χ1) is 6.08. The van der Waals surface area contributed by atoms with E-state index < -0.39 is 5.54 Å². The molecule has 0 aromatic heterocycles. The Balaban J connectivity index is 3.80. The Bertz CT molecular complexity index is 179. The van der Waals surface area contributed by atoms with Gasteiger partial charge in [-0.15, -0.1) is 0 Å². The van der Waals surface area contributed by atoms with Gasteiger partial charge < -0.3 is 14.8 Å². The second-order valence-electron chi connectivity index (χ2n) is 3.27. The first-order valence-electron chi connectivity index (χ1n) is 4.28. The number of nitrogens with one attached hydrogen (secondary N) is 1. The van der Waals surface area contributed by atoms with Gasteiger partial charge in [-0.3, -0.25) is 0 Å². The summed E-state index contributed by atoms with van der Waals surface area (Å²) in [7, 11) is 3.37. The predicted molar refractivity (Wildman–Crippen MR) is 50.4 cm³/mol. The molecule has 0 aliphatic rings. The molecule has 0 saturated heterocycles. The predicted octanol–water partition coefficient (Wildman–Crippen LogP) is 0.540. The minimum Gasteiger partial charge on any atom is -0.382 e. The highest BCUT2D eigenvalue weighted by atomic mass is 16.5. The molecular formula is C9H18N2O2. The van der Waals surface area contributed by atoms with Crippen LogP contribution in [0.2, 0.25) is 0 Å². The summed E-state index contributed by atoms with van der Waals surface area (Å²) in [5.41, 5.74) is -0.609. The van der Waals surface area contributed by atoms with E-state index in [0.29, 0.717) is 13.2 Å². The van der Waals surface area contributed by atoms with Crippen LogP contribution in [-0.4, -0.2) is 39.0 Å². The SMILES string of the molecule is CNC(C)(C#N)COC(C)COC. The lowest BCUT2D eigenvalue weighted by molar-refractivity contribution is -0.00662. The summed E-state index contributed by atoms with van der Waals surface area (Å²) < 4.78 is 10.3. The fourth-order valence-electron chi connectivity index (χ4n) is 0.752. The maximum absolute atomic E-state index is 8.80. The fraction of sp³-hybridized carbons (Fsp3) is 0.889. The van der Waals surface area contributed by atoms with Gasteiger partial charge >= 0.3 is 0 Å². The van der Waals surface area contributed by atoms with E-state index in [1.165, 1.54) is 0 Å². The molecule has 4 nitrogen and oxygen atoms in total. The molecule has 0 amide bonds. The van der Waals surface area contributed by atoms with E-state index in [4.69, 9.17) is 14.7 Å². The van der Waals surface area contributed by atoms with Crippen LogP contribution in [0.15, 0.2) is 0 Å². The number of likely N-dealkylation sites (N-methyl/N-ethyl adjacent to an activating group) is 1. The highest BCUT2D eigenvalue weighted by molar-refractivity contribution is 5.03. The molecule has 0 aliphatic heterocycles. The number of nitriles is 1. The van der Waals surface area contributed by atoms with Gasteiger partial charge in [-0.2, -0.15) is 5.26 Å². The highest BCUT2D eigenvalue weighted by Crippen LogP contribution is 2.03. The number of nitrogens with zero attached hydrogens (tertiary/aromatic N) is 1. The fourth-order valence-corrected chi connectivity index (χ4v) is 0.752. The van der Waals surface area contributed by atoms with Crippen molar-refractivity contribution in [3.8, 4) is 6.07 Å². The molecule has 13 heavy (non-hydrogen) atoms. The van der Waals surface area contributed by atoms with Crippen LogP contribution in [0.3, 0.4) is 0 Å². The smallest absolute Gasteiger partial charge is 0.127 e. The van der Waals surface area contributed by atoms with Gasteiger partial charge in [0.1, 0.15) is 5.54 Å². The average molecular weight is 186 g/mol. The van der Waals surface area contributed by atoms with E-state index in [9.17, 15) is 0 Å². The lowest BCUT2D eigenvalue weighted by Gasteiger charge is -2.22. The molecule has 2 atom stereocenters. The van der Waals surface area contributed by atoms with Gasteiger partial charge in [-0.25, -0.2) is 0 Å². The molecule has 0 aromatic rings. The minimum atomic E-state index is -0.609. The number of rotatable bonds is 6. The highest BCUT2D eigenvalue weighted by Gasteiger charge is 2.22. The third kappa shape index (κ3) is 4.83. The second kappa shape index (κ2) is 5.92. The first kappa shape index (κ1) is 12.4. The summed E-state index contributed by atoms with van der Waals surface area (Å²) in [6, 6.07) is 2.15. The Hall–Kier alpha value is -0.630. The molecule has 0 aliphatic carbocycles. The van der Waals surface area contributed by atoms with E-state index in [0.717, 1.165) is 0 Å². The lowest BCUT2D eigenvalue weighted by Crippen LogP contribution is -2.43. The standard InChI is InChI=1S/C9H18N2O2/c1-8(5-12-4)13-7-9(2,6-10)11-3/h8,11H,5,7H2,1-4H3. The molecule has 0 radical (unpaired) electrons. The molecule has 2 unspecified atom stereocenters. The zero-order valence-electron chi connectivity index (χ0n) is 8.76. The molecule has 76 valence electrons. The Morgan fingerprint density at radius 1 is 1.62 bits per heavy atom. The van der Waals surface area contributed by atoms with Crippen molar-refractivity contribution in [3.05, 3.63) is 0 Å². The van der Waals surface area contributed by atoms with E-state index in [-0.39, 0.29) is 6.10 Å². The number of hydrogen-bond acceptors (Lipinski definition) is 4. The summed E-state index contributed by atoms with van der Waals surface area (Å²) in [4.78, 5) is 0. The molecule has 0 bridgehead atoms. The quantitative estimate of drug-likeness (QED) is 0.657. The molecule has 0 fully saturated rings. The van der Waals surface area contributed by atoms with Crippen LogP contribution in [0, 0.1) is 11.3 Å². The molecule has 0 aromatic carbocycles. The van der Waals surface area contributed by atoms with E-state index in [2.05, 4.69) is 11.4 Å². The lowest BCUT2D eigenvalue weighted by atomic mass is 10.1. The van der Waals surface area contributed by atoms with Gasteiger partial charge in [0, 0.05) is 7.11 Å². The van der Waals surface area contributed by atoms with Gasteiger partial charge in [0.05, 0.1) is 25.4 Å². The molecule has 0 heterocycles. The van der Waals surface area contributed by atoms with Crippen LogP contribution in [-0.2, 0) is 9.47 Å². The van der Waals surface area contributed by atoms with Crippen LogP contribution >= 0.6 is 0 Å². The van der Waals surface area contributed by atoms with E-state index >= 15 is 0 Å². The monoisotopic (exact) mass is 186 g/mol. The molecule has 4 heteroatoms. The van der Waals surface area contributed by atoms with Crippen LogP contribution in [0.5, 0.6) is 0 Å². The minimum absolute atomic E-state index is 0.0195. The second-order valence-corrected chi connectivity index (χ2v) is 3.27. The maximum Gasteiger partial charge on any atom is 0.127 e. The summed E-state index contributed by atoms with van der Waals surface area (Å²) >= 11 is 0. The van der Waals surface area contributed by atoms with Gasteiger partial charge in [-0.05, 0) is 20.9 Å². The van der Waals surface area contributed by atoms with Gasteiger partial charge in [0.25, 0.3) is 0 Å². The maximum atomic E-state index is 8.80. The topological polar surface area (TPSA) is 54.3 Å². The van der Waals surface area contributed by atoms with Crippen molar-refractivity contribution in [1.82, 2.24) is 5.32 Å². The van der Waals surface area contributed by atoms with Gasteiger partial charge in [0.15, 0.2) is 0 Å². The average Bonchev–Trinajstić information content (AvgIpc) is 2.15. The Morgan fingerprint density at radius 2 is 2.23 bits per heavy atom. The number of ether oxygens (including phenoxy) is 2.